The Bertz CT molecular complexity index is 461. The monoisotopic (exact) mass is 317 g/mol. The SMILES string of the molecule is COC(=O)c1c(F)cc(Br)cc1N1CCOCC1. The number of benzene rings is 1. The summed E-state index contributed by atoms with van der Waals surface area (Å²) >= 11 is 3.23. The maximum atomic E-state index is 13.9. The molecule has 0 saturated carbocycles. The number of hydrogen-bond donors (Lipinski definition) is 0. The molecule has 0 aromatic heterocycles. The molecule has 0 bridgehead atoms. The van der Waals surface area contributed by atoms with Gasteiger partial charge in [0.15, 0.2) is 0 Å². The van der Waals surface area contributed by atoms with Crippen molar-refractivity contribution in [2.75, 3.05) is 38.3 Å². The maximum absolute atomic E-state index is 13.9. The number of methoxy groups -OCH3 is 1. The minimum Gasteiger partial charge on any atom is -0.465 e. The highest BCUT2D eigenvalue weighted by molar-refractivity contribution is 9.10. The third kappa shape index (κ3) is 2.64. The Labute approximate surface area is 113 Å². The molecule has 2 rings (SSSR count). The molecule has 0 radical (unpaired) electrons. The number of esters is 1. The molecule has 0 aliphatic carbocycles. The number of halogens is 2. The van der Waals surface area contributed by atoms with Crippen LogP contribution in [0.4, 0.5) is 10.1 Å². The Morgan fingerprint density at radius 2 is 2.11 bits per heavy atom. The first kappa shape index (κ1) is 13.3. The summed E-state index contributed by atoms with van der Waals surface area (Å²) in [5, 5.41) is 0. The highest BCUT2D eigenvalue weighted by atomic mass is 79.9. The largest absolute Gasteiger partial charge is 0.465 e. The van der Waals surface area contributed by atoms with E-state index in [-0.39, 0.29) is 5.56 Å². The van der Waals surface area contributed by atoms with Crippen LogP contribution in [0.3, 0.4) is 0 Å². The number of hydrogen-bond acceptors (Lipinski definition) is 4. The lowest BCUT2D eigenvalue weighted by molar-refractivity contribution is 0.0595. The van der Waals surface area contributed by atoms with E-state index >= 15 is 0 Å². The van der Waals surface area contributed by atoms with Crippen molar-refractivity contribution in [1.82, 2.24) is 0 Å². The van der Waals surface area contributed by atoms with Gasteiger partial charge in [-0.3, -0.25) is 0 Å². The van der Waals surface area contributed by atoms with Crippen molar-refractivity contribution in [3.05, 3.63) is 28.0 Å². The van der Waals surface area contributed by atoms with E-state index in [0.29, 0.717) is 36.5 Å². The maximum Gasteiger partial charge on any atom is 0.342 e. The van der Waals surface area contributed by atoms with Gasteiger partial charge in [0.25, 0.3) is 0 Å². The molecule has 18 heavy (non-hydrogen) atoms. The Balaban J connectivity index is 2.45. The standard InChI is InChI=1S/C12H13BrFNO3/c1-17-12(16)11-9(14)6-8(13)7-10(11)15-2-4-18-5-3-15/h6-7H,2-5H2,1H3. The van der Waals surface area contributed by atoms with Gasteiger partial charge in [-0.05, 0) is 12.1 Å². The van der Waals surface area contributed by atoms with Crippen LogP contribution in [0, 0.1) is 5.82 Å². The molecule has 1 aromatic rings. The van der Waals surface area contributed by atoms with Gasteiger partial charge >= 0.3 is 5.97 Å². The van der Waals surface area contributed by atoms with Crippen LogP contribution >= 0.6 is 15.9 Å². The van der Waals surface area contributed by atoms with Crippen LogP contribution in [0.25, 0.3) is 0 Å². The summed E-state index contributed by atoms with van der Waals surface area (Å²) in [6.45, 7) is 2.38. The van der Waals surface area contributed by atoms with Crippen molar-refractivity contribution in [2.24, 2.45) is 0 Å². The molecule has 1 aromatic carbocycles. The van der Waals surface area contributed by atoms with E-state index in [1.807, 2.05) is 4.90 Å². The fourth-order valence-electron chi connectivity index (χ4n) is 1.92. The highest BCUT2D eigenvalue weighted by Crippen LogP contribution is 2.29. The average Bonchev–Trinajstić information content (AvgIpc) is 2.38. The van der Waals surface area contributed by atoms with E-state index in [2.05, 4.69) is 20.7 Å². The highest BCUT2D eigenvalue weighted by Gasteiger charge is 2.23. The zero-order valence-electron chi connectivity index (χ0n) is 9.91. The van der Waals surface area contributed by atoms with Crippen molar-refractivity contribution in [3.8, 4) is 0 Å². The number of nitrogens with zero attached hydrogens (tertiary/aromatic N) is 1. The lowest BCUT2D eigenvalue weighted by Crippen LogP contribution is -2.37. The van der Waals surface area contributed by atoms with E-state index in [1.165, 1.54) is 13.2 Å². The van der Waals surface area contributed by atoms with Crippen LogP contribution in [0.1, 0.15) is 10.4 Å². The molecular formula is C12H13BrFNO3. The van der Waals surface area contributed by atoms with E-state index in [0.717, 1.165) is 0 Å². The second kappa shape index (κ2) is 5.67. The lowest BCUT2D eigenvalue weighted by Gasteiger charge is -2.30. The number of carbonyl (C=O) groups excluding carboxylic acids is 1. The van der Waals surface area contributed by atoms with E-state index < -0.39 is 11.8 Å². The number of carbonyl (C=O) groups is 1. The molecule has 0 amide bonds. The van der Waals surface area contributed by atoms with Crippen molar-refractivity contribution in [3.63, 3.8) is 0 Å². The normalized spacial score (nSPS) is 15.6. The van der Waals surface area contributed by atoms with Crippen molar-refractivity contribution in [1.29, 1.82) is 0 Å². The molecule has 0 N–H and O–H groups in total. The van der Waals surface area contributed by atoms with Crippen LogP contribution in [0.15, 0.2) is 16.6 Å². The van der Waals surface area contributed by atoms with Crippen LogP contribution in [0.2, 0.25) is 0 Å². The summed E-state index contributed by atoms with van der Waals surface area (Å²) in [4.78, 5) is 13.6. The van der Waals surface area contributed by atoms with Crippen molar-refractivity contribution in [2.45, 2.75) is 0 Å². The van der Waals surface area contributed by atoms with Crippen LogP contribution in [-0.4, -0.2) is 39.4 Å². The predicted octanol–water partition coefficient (Wildman–Crippen LogP) is 2.21. The fraction of sp³-hybridized carbons (Fsp3) is 0.417. The number of ether oxygens (including phenoxy) is 2. The van der Waals surface area contributed by atoms with Gasteiger partial charge < -0.3 is 14.4 Å². The zero-order valence-corrected chi connectivity index (χ0v) is 11.5. The van der Waals surface area contributed by atoms with Crippen molar-refractivity contribution >= 4 is 27.6 Å². The molecule has 0 spiro atoms. The van der Waals surface area contributed by atoms with Crippen LogP contribution in [0.5, 0.6) is 0 Å². The summed E-state index contributed by atoms with van der Waals surface area (Å²) in [7, 11) is 1.24. The molecule has 1 fully saturated rings. The second-order valence-corrected chi connectivity index (χ2v) is 4.79. The molecule has 1 aliphatic rings. The molecule has 4 nitrogen and oxygen atoms in total. The minimum absolute atomic E-state index is 0.0254. The molecule has 1 heterocycles. The van der Waals surface area contributed by atoms with Gasteiger partial charge in [0.2, 0.25) is 0 Å². The smallest absolute Gasteiger partial charge is 0.342 e. The summed E-state index contributed by atoms with van der Waals surface area (Å²) in [6, 6.07) is 2.98. The Morgan fingerprint density at radius 1 is 1.44 bits per heavy atom. The van der Waals surface area contributed by atoms with Gasteiger partial charge in [0.1, 0.15) is 11.4 Å². The van der Waals surface area contributed by atoms with Gasteiger partial charge in [0, 0.05) is 17.6 Å². The van der Waals surface area contributed by atoms with E-state index in [1.54, 1.807) is 6.07 Å². The van der Waals surface area contributed by atoms with Crippen LogP contribution in [-0.2, 0) is 9.47 Å². The number of morpholine rings is 1. The van der Waals surface area contributed by atoms with Crippen molar-refractivity contribution < 1.29 is 18.7 Å². The molecule has 1 aliphatic heterocycles. The lowest BCUT2D eigenvalue weighted by atomic mass is 10.1. The first-order valence-corrected chi connectivity index (χ1v) is 6.33. The molecular weight excluding hydrogens is 305 g/mol. The Kier molecular flexibility index (Phi) is 4.19. The third-order valence-corrected chi connectivity index (χ3v) is 3.23. The van der Waals surface area contributed by atoms with Gasteiger partial charge in [-0.25, -0.2) is 9.18 Å². The molecule has 6 heteroatoms. The second-order valence-electron chi connectivity index (χ2n) is 3.87. The summed E-state index contributed by atoms with van der Waals surface area (Å²) in [5.74, 6) is -1.25. The zero-order chi connectivity index (χ0) is 13.1. The fourth-order valence-corrected chi connectivity index (χ4v) is 2.34. The van der Waals surface area contributed by atoms with E-state index in [9.17, 15) is 9.18 Å². The summed E-state index contributed by atoms with van der Waals surface area (Å²) in [5.41, 5.74) is 0.514. The minimum atomic E-state index is -0.665. The average molecular weight is 318 g/mol. The number of anilines is 1. The summed E-state index contributed by atoms with van der Waals surface area (Å²) < 4.78 is 24.4. The van der Waals surface area contributed by atoms with Crippen LogP contribution < -0.4 is 4.90 Å². The molecule has 1 saturated heterocycles. The van der Waals surface area contributed by atoms with Gasteiger partial charge in [0.05, 0.1) is 26.0 Å². The Hall–Kier alpha value is -1.14. The third-order valence-electron chi connectivity index (χ3n) is 2.78. The first-order valence-electron chi connectivity index (χ1n) is 5.53. The number of rotatable bonds is 2. The van der Waals surface area contributed by atoms with Gasteiger partial charge in [-0.15, -0.1) is 0 Å². The van der Waals surface area contributed by atoms with Gasteiger partial charge in [-0.2, -0.15) is 0 Å². The van der Waals surface area contributed by atoms with Gasteiger partial charge in [-0.1, -0.05) is 15.9 Å². The predicted molar refractivity (Wildman–Crippen MR) is 68.5 cm³/mol. The molecule has 98 valence electrons. The Morgan fingerprint density at radius 3 is 2.72 bits per heavy atom. The topological polar surface area (TPSA) is 38.8 Å². The quantitative estimate of drug-likeness (QED) is 0.784. The first-order chi connectivity index (χ1) is 8.63. The molecule has 0 unspecified atom stereocenters. The van der Waals surface area contributed by atoms with E-state index in [4.69, 9.17) is 4.74 Å². The molecule has 0 atom stereocenters. The summed E-state index contributed by atoms with van der Waals surface area (Å²) in [6.07, 6.45) is 0.